The lowest BCUT2D eigenvalue weighted by Crippen LogP contribution is -2.13. The Balaban J connectivity index is 2.24. The molecule has 2 aromatic rings. The van der Waals surface area contributed by atoms with Crippen molar-refractivity contribution in [3.8, 4) is 5.75 Å². The third kappa shape index (κ3) is 2.36. The Bertz CT molecular complexity index is 560. The highest BCUT2D eigenvalue weighted by atomic mass is 19.1. The molecule has 0 aliphatic heterocycles. The molecule has 0 bridgehead atoms. The molecule has 0 aliphatic carbocycles. The van der Waals surface area contributed by atoms with Gasteiger partial charge in [0, 0.05) is 12.4 Å². The smallest absolute Gasteiger partial charge is 0.259 e. The molecule has 5 nitrogen and oxygen atoms in total. The molecule has 2 aromatic heterocycles. The van der Waals surface area contributed by atoms with Crippen LogP contribution in [0.15, 0.2) is 36.9 Å². The van der Waals surface area contributed by atoms with E-state index in [0.717, 1.165) is 12.4 Å². The molecule has 86 valence electrons. The SMILES string of the molecule is O=C(Nc1ccncc1F)c1ccncc1O. The van der Waals surface area contributed by atoms with Crippen molar-refractivity contribution in [3.05, 3.63) is 48.3 Å². The maximum atomic E-state index is 13.2. The number of pyridine rings is 2. The minimum absolute atomic E-state index is 0.00112. The Hall–Kier alpha value is -2.50. The zero-order valence-electron chi connectivity index (χ0n) is 8.59. The molecule has 0 unspecified atom stereocenters. The Kier molecular flexibility index (Phi) is 2.95. The van der Waals surface area contributed by atoms with Crippen LogP contribution in [0.1, 0.15) is 10.4 Å². The van der Waals surface area contributed by atoms with Crippen LogP contribution < -0.4 is 5.32 Å². The minimum Gasteiger partial charge on any atom is -0.505 e. The first-order chi connectivity index (χ1) is 8.18. The molecule has 1 amide bonds. The van der Waals surface area contributed by atoms with Gasteiger partial charge in [-0.15, -0.1) is 0 Å². The maximum absolute atomic E-state index is 13.2. The van der Waals surface area contributed by atoms with Crippen molar-refractivity contribution in [1.29, 1.82) is 0 Å². The number of carbonyl (C=O) groups excluding carboxylic acids is 1. The van der Waals surface area contributed by atoms with E-state index in [-0.39, 0.29) is 17.0 Å². The van der Waals surface area contributed by atoms with Gasteiger partial charge in [-0.2, -0.15) is 0 Å². The van der Waals surface area contributed by atoms with Crippen LogP contribution in [-0.4, -0.2) is 21.0 Å². The van der Waals surface area contributed by atoms with Gasteiger partial charge in [0.15, 0.2) is 5.82 Å². The van der Waals surface area contributed by atoms with Crippen LogP contribution in [0.4, 0.5) is 10.1 Å². The van der Waals surface area contributed by atoms with Gasteiger partial charge in [-0.25, -0.2) is 4.39 Å². The molecule has 0 spiro atoms. The van der Waals surface area contributed by atoms with Crippen LogP contribution in [0.2, 0.25) is 0 Å². The van der Waals surface area contributed by atoms with Gasteiger partial charge in [0.2, 0.25) is 0 Å². The van der Waals surface area contributed by atoms with Crippen LogP contribution >= 0.6 is 0 Å². The van der Waals surface area contributed by atoms with Crippen molar-refractivity contribution in [2.45, 2.75) is 0 Å². The fraction of sp³-hybridized carbons (Fsp3) is 0. The van der Waals surface area contributed by atoms with E-state index in [1.165, 1.54) is 24.5 Å². The molecule has 2 N–H and O–H groups in total. The summed E-state index contributed by atoms with van der Waals surface area (Å²) in [4.78, 5) is 18.9. The normalized spacial score (nSPS) is 9.94. The summed E-state index contributed by atoms with van der Waals surface area (Å²) in [5.41, 5.74) is 0.0254. The summed E-state index contributed by atoms with van der Waals surface area (Å²) in [6.07, 6.45) is 4.84. The van der Waals surface area contributed by atoms with Gasteiger partial charge in [-0.1, -0.05) is 0 Å². The number of hydrogen-bond acceptors (Lipinski definition) is 4. The Morgan fingerprint density at radius 3 is 2.65 bits per heavy atom. The highest BCUT2D eigenvalue weighted by Crippen LogP contribution is 2.17. The molecule has 2 heterocycles. The monoisotopic (exact) mass is 233 g/mol. The highest BCUT2D eigenvalue weighted by molar-refractivity contribution is 6.05. The van der Waals surface area contributed by atoms with Crippen molar-refractivity contribution in [3.63, 3.8) is 0 Å². The van der Waals surface area contributed by atoms with E-state index in [1.54, 1.807) is 0 Å². The van der Waals surface area contributed by atoms with E-state index in [2.05, 4.69) is 15.3 Å². The van der Waals surface area contributed by atoms with E-state index >= 15 is 0 Å². The Labute approximate surface area is 96.0 Å². The first-order valence-electron chi connectivity index (χ1n) is 4.72. The van der Waals surface area contributed by atoms with Gasteiger partial charge in [-0.05, 0) is 12.1 Å². The fourth-order valence-electron chi connectivity index (χ4n) is 1.24. The zero-order chi connectivity index (χ0) is 12.3. The third-order valence-electron chi connectivity index (χ3n) is 2.07. The van der Waals surface area contributed by atoms with Gasteiger partial charge in [0.05, 0.1) is 23.6 Å². The minimum atomic E-state index is -0.644. The van der Waals surface area contributed by atoms with E-state index in [0.29, 0.717) is 0 Å². The third-order valence-corrected chi connectivity index (χ3v) is 2.07. The second-order valence-electron chi connectivity index (χ2n) is 3.20. The van der Waals surface area contributed by atoms with E-state index in [4.69, 9.17) is 0 Å². The van der Waals surface area contributed by atoms with Crippen LogP contribution in [0.5, 0.6) is 5.75 Å². The number of hydrogen-bond donors (Lipinski definition) is 2. The number of nitrogens with zero attached hydrogens (tertiary/aromatic N) is 2. The molecule has 0 fully saturated rings. The maximum Gasteiger partial charge on any atom is 0.259 e. The summed E-state index contributed by atoms with van der Waals surface area (Å²) in [7, 11) is 0. The zero-order valence-corrected chi connectivity index (χ0v) is 8.59. The summed E-state index contributed by atoms with van der Waals surface area (Å²) >= 11 is 0. The highest BCUT2D eigenvalue weighted by Gasteiger charge is 2.12. The Morgan fingerprint density at radius 2 is 1.94 bits per heavy atom. The van der Waals surface area contributed by atoms with E-state index < -0.39 is 11.7 Å². The van der Waals surface area contributed by atoms with E-state index in [9.17, 15) is 14.3 Å². The number of amides is 1. The molecule has 0 saturated heterocycles. The predicted octanol–water partition coefficient (Wildman–Crippen LogP) is 1.57. The fourth-order valence-corrected chi connectivity index (χ4v) is 1.24. The standard InChI is InChI=1S/C11H8FN3O2/c12-8-5-13-4-2-9(8)15-11(17)7-1-3-14-6-10(7)16/h1-6,16H,(H,13,15,17). The molecule has 0 aromatic carbocycles. The first kappa shape index (κ1) is 11.0. The van der Waals surface area contributed by atoms with Crippen LogP contribution in [0, 0.1) is 5.82 Å². The van der Waals surface area contributed by atoms with Crippen molar-refractivity contribution < 1.29 is 14.3 Å². The van der Waals surface area contributed by atoms with Crippen LogP contribution in [0.25, 0.3) is 0 Å². The summed E-state index contributed by atoms with van der Waals surface area (Å²) in [6, 6.07) is 2.66. The van der Waals surface area contributed by atoms with Crippen molar-refractivity contribution in [1.82, 2.24) is 9.97 Å². The number of anilines is 1. The largest absolute Gasteiger partial charge is 0.505 e. The topological polar surface area (TPSA) is 75.1 Å². The molecule has 0 aliphatic rings. The quantitative estimate of drug-likeness (QED) is 0.825. The summed E-state index contributed by atoms with van der Waals surface area (Å²) in [5.74, 6) is -1.52. The molecule has 0 radical (unpaired) electrons. The van der Waals surface area contributed by atoms with Crippen molar-refractivity contribution >= 4 is 11.6 Å². The van der Waals surface area contributed by atoms with Crippen LogP contribution in [-0.2, 0) is 0 Å². The predicted molar refractivity (Wildman–Crippen MR) is 58.1 cm³/mol. The van der Waals surface area contributed by atoms with Gasteiger partial charge < -0.3 is 10.4 Å². The van der Waals surface area contributed by atoms with E-state index in [1.807, 2.05) is 0 Å². The lowest BCUT2D eigenvalue weighted by molar-refractivity contribution is 0.102. The number of nitrogens with one attached hydrogen (secondary N) is 1. The average molecular weight is 233 g/mol. The number of aromatic hydroxyl groups is 1. The summed E-state index contributed by atoms with van der Waals surface area (Å²) in [5, 5.41) is 11.7. The number of carbonyl (C=O) groups is 1. The molecule has 0 atom stereocenters. The summed E-state index contributed by atoms with van der Waals surface area (Å²) in [6.45, 7) is 0. The number of rotatable bonds is 2. The van der Waals surface area contributed by atoms with Crippen LogP contribution in [0.3, 0.4) is 0 Å². The van der Waals surface area contributed by atoms with Gasteiger partial charge in [-0.3, -0.25) is 14.8 Å². The van der Waals surface area contributed by atoms with Gasteiger partial charge in [0.1, 0.15) is 5.75 Å². The lowest BCUT2D eigenvalue weighted by Gasteiger charge is -2.06. The summed E-state index contributed by atoms with van der Waals surface area (Å²) < 4.78 is 13.2. The lowest BCUT2D eigenvalue weighted by atomic mass is 10.2. The number of aromatic nitrogens is 2. The second kappa shape index (κ2) is 4.56. The van der Waals surface area contributed by atoms with Gasteiger partial charge in [0.25, 0.3) is 5.91 Å². The molecule has 17 heavy (non-hydrogen) atoms. The second-order valence-corrected chi connectivity index (χ2v) is 3.20. The number of halogens is 1. The molecule has 6 heteroatoms. The molecular weight excluding hydrogens is 225 g/mol. The molecule has 0 saturated carbocycles. The van der Waals surface area contributed by atoms with Crippen molar-refractivity contribution in [2.24, 2.45) is 0 Å². The van der Waals surface area contributed by atoms with Gasteiger partial charge >= 0.3 is 0 Å². The first-order valence-corrected chi connectivity index (χ1v) is 4.72. The average Bonchev–Trinajstić information content (AvgIpc) is 2.32. The van der Waals surface area contributed by atoms with Crippen molar-refractivity contribution in [2.75, 3.05) is 5.32 Å². The molecular formula is C11H8FN3O2. The Morgan fingerprint density at radius 1 is 1.24 bits per heavy atom. The molecule has 2 rings (SSSR count).